The summed E-state index contributed by atoms with van der Waals surface area (Å²) in [5.74, 6) is 0.0341. The minimum atomic E-state index is -3.56. The van der Waals surface area contributed by atoms with E-state index in [0.29, 0.717) is 36.0 Å². The van der Waals surface area contributed by atoms with E-state index in [0.717, 1.165) is 12.8 Å². The number of sulfonamides is 1. The van der Waals surface area contributed by atoms with Crippen LogP contribution in [0.4, 0.5) is 5.69 Å². The quantitative estimate of drug-likeness (QED) is 0.656. The van der Waals surface area contributed by atoms with Crippen LogP contribution >= 0.6 is 0 Å². The summed E-state index contributed by atoms with van der Waals surface area (Å²) in [5, 5.41) is 2.73. The van der Waals surface area contributed by atoms with Gasteiger partial charge in [0.25, 0.3) is 5.91 Å². The van der Waals surface area contributed by atoms with E-state index in [-0.39, 0.29) is 17.4 Å². The molecule has 1 N–H and O–H groups in total. The highest BCUT2D eigenvalue weighted by molar-refractivity contribution is 7.89. The van der Waals surface area contributed by atoms with Gasteiger partial charge in [-0.05, 0) is 55.2 Å². The molecule has 0 unspecified atom stereocenters. The first-order valence-electron chi connectivity index (χ1n) is 10.0. The van der Waals surface area contributed by atoms with Crippen LogP contribution in [0.25, 0.3) is 0 Å². The summed E-state index contributed by atoms with van der Waals surface area (Å²) in [5.41, 5.74) is 0.804. The first-order chi connectivity index (χ1) is 14.8. The number of nitrogens with one attached hydrogen (secondary N) is 1. The Kier molecular flexibility index (Phi) is 7.29. The number of hydrogen-bond acceptors (Lipinski definition) is 6. The standard InChI is InChI=1S/C22H26N2O6S/c1-16-10-12-24(13-11-16)31(27,28)20-8-6-17(7-9-20)22(26)23-18-4-3-5-19(14-18)30-15-21(25)29-2/h3-9,14,16H,10-13,15H2,1-2H3,(H,23,26). The lowest BCUT2D eigenvalue weighted by atomic mass is 10.0. The van der Waals surface area contributed by atoms with Crippen LogP contribution in [0.5, 0.6) is 5.75 Å². The summed E-state index contributed by atoms with van der Waals surface area (Å²) in [6.45, 7) is 2.92. The highest BCUT2D eigenvalue weighted by Crippen LogP contribution is 2.24. The van der Waals surface area contributed by atoms with Gasteiger partial charge in [0.1, 0.15) is 5.75 Å². The molecule has 1 fully saturated rings. The summed E-state index contributed by atoms with van der Waals surface area (Å²) < 4.78 is 37.0. The second-order valence-corrected chi connectivity index (χ2v) is 9.40. The molecule has 0 atom stereocenters. The van der Waals surface area contributed by atoms with Gasteiger partial charge in [-0.1, -0.05) is 13.0 Å². The van der Waals surface area contributed by atoms with Crippen molar-refractivity contribution in [3.05, 3.63) is 54.1 Å². The predicted octanol–water partition coefficient (Wildman–Crippen LogP) is 2.91. The van der Waals surface area contributed by atoms with Crippen LogP contribution in [0.1, 0.15) is 30.1 Å². The van der Waals surface area contributed by atoms with E-state index in [1.165, 1.54) is 35.7 Å². The minimum Gasteiger partial charge on any atom is -0.482 e. The molecule has 9 heteroatoms. The Morgan fingerprint density at radius 1 is 1.10 bits per heavy atom. The molecule has 1 aliphatic rings. The number of methoxy groups -OCH3 is 1. The Balaban J connectivity index is 1.65. The van der Waals surface area contributed by atoms with Crippen LogP contribution in [0, 0.1) is 5.92 Å². The number of esters is 1. The SMILES string of the molecule is COC(=O)COc1cccc(NC(=O)c2ccc(S(=O)(=O)N3CCC(C)CC3)cc2)c1. The number of anilines is 1. The Morgan fingerprint density at radius 2 is 1.77 bits per heavy atom. The van der Waals surface area contributed by atoms with E-state index in [1.807, 2.05) is 0 Å². The Labute approximate surface area is 182 Å². The summed E-state index contributed by atoms with van der Waals surface area (Å²) in [7, 11) is -2.29. The lowest BCUT2D eigenvalue weighted by Crippen LogP contribution is -2.37. The van der Waals surface area contributed by atoms with Crippen molar-refractivity contribution < 1.29 is 27.5 Å². The van der Waals surface area contributed by atoms with Crippen molar-refractivity contribution in [2.75, 3.05) is 32.1 Å². The Hall–Kier alpha value is -2.91. The van der Waals surface area contributed by atoms with Crippen molar-refractivity contribution in [3.8, 4) is 5.75 Å². The summed E-state index contributed by atoms with van der Waals surface area (Å²) >= 11 is 0. The largest absolute Gasteiger partial charge is 0.482 e. The molecule has 0 aromatic heterocycles. The maximum atomic E-state index is 12.8. The third-order valence-corrected chi connectivity index (χ3v) is 7.09. The van der Waals surface area contributed by atoms with Crippen molar-refractivity contribution in [1.29, 1.82) is 0 Å². The van der Waals surface area contributed by atoms with Crippen molar-refractivity contribution in [2.24, 2.45) is 5.92 Å². The third-order valence-electron chi connectivity index (χ3n) is 5.17. The molecule has 2 aromatic carbocycles. The number of carbonyl (C=O) groups excluding carboxylic acids is 2. The molecule has 0 bridgehead atoms. The van der Waals surface area contributed by atoms with E-state index < -0.39 is 16.0 Å². The van der Waals surface area contributed by atoms with E-state index in [1.54, 1.807) is 24.3 Å². The second-order valence-electron chi connectivity index (χ2n) is 7.46. The molecular weight excluding hydrogens is 420 g/mol. The number of nitrogens with zero attached hydrogens (tertiary/aromatic N) is 1. The molecule has 0 radical (unpaired) electrons. The summed E-state index contributed by atoms with van der Waals surface area (Å²) in [4.78, 5) is 23.9. The van der Waals surface area contributed by atoms with E-state index in [2.05, 4.69) is 17.0 Å². The zero-order valence-corrected chi connectivity index (χ0v) is 18.4. The Morgan fingerprint density at radius 3 is 2.42 bits per heavy atom. The molecule has 1 heterocycles. The van der Waals surface area contributed by atoms with Crippen molar-refractivity contribution >= 4 is 27.6 Å². The summed E-state index contributed by atoms with van der Waals surface area (Å²) in [6.07, 6.45) is 1.70. The van der Waals surface area contributed by atoms with Gasteiger partial charge in [-0.15, -0.1) is 0 Å². The average molecular weight is 447 g/mol. The molecule has 31 heavy (non-hydrogen) atoms. The normalized spacial score (nSPS) is 15.3. The average Bonchev–Trinajstić information content (AvgIpc) is 2.78. The van der Waals surface area contributed by atoms with Crippen LogP contribution in [0.15, 0.2) is 53.4 Å². The monoisotopic (exact) mass is 446 g/mol. The fraction of sp³-hybridized carbons (Fsp3) is 0.364. The molecule has 166 valence electrons. The lowest BCUT2D eigenvalue weighted by molar-refractivity contribution is -0.142. The minimum absolute atomic E-state index is 0.178. The van der Waals surface area contributed by atoms with Gasteiger partial charge in [0.2, 0.25) is 10.0 Å². The number of carbonyl (C=O) groups is 2. The van der Waals surface area contributed by atoms with Gasteiger partial charge in [-0.25, -0.2) is 13.2 Å². The van der Waals surface area contributed by atoms with Crippen LogP contribution in [-0.2, 0) is 19.6 Å². The molecule has 2 aromatic rings. The third kappa shape index (κ3) is 5.83. The molecule has 0 saturated carbocycles. The number of benzene rings is 2. The van der Waals surface area contributed by atoms with E-state index in [9.17, 15) is 18.0 Å². The molecule has 3 rings (SSSR count). The van der Waals surface area contributed by atoms with Crippen molar-refractivity contribution in [2.45, 2.75) is 24.7 Å². The van der Waals surface area contributed by atoms with E-state index >= 15 is 0 Å². The topological polar surface area (TPSA) is 102 Å². The number of piperidine rings is 1. The van der Waals surface area contributed by atoms with Gasteiger partial charge in [0, 0.05) is 30.4 Å². The zero-order chi connectivity index (χ0) is 22.4. The van der Waals surface area contributed by atoms with Crippen LogP contribution in [0.2, 0.25) is 0 Å². The first kappa shape index (κ1) is 22.8. The number of rotatable bonds is 7. The maximum absolute atomic E-state index is 12.8. The molecule has 8 nitrogen and oxygen atoms in total. The van der Waals surface area contributed by atoms with E-state index in [4.69, 9.17) is 4.74 Å². The fourth-order valence-corrected chi connectivity index (χ4v) is 4.69. The lowest BCUT2D eigenvalue weighted by Gasteiger charge is -2.29. The molecule has 1 aliphatic heterocycles. The Bertz CT molecular complexity index is 1030. The van der Waals surface area contributed by atoms with Crippen molar-refractivity contribution in [3.63, 3.8) is 0 Å². The van der Waals surface area contributed by atoms with Gasteiger partial charge < -0.3 is 14.8 Å². The van der Waals surface area contributed by atoms with Gasteiger partial charge in [0.05, 0.1) is 12.0 Å². The first-order valence-corrected chi connectivity index (χ1v) is 11.4. The molecular formula is C22H26N2O6S. The van der Waals surface area contributed by atoms with Crippen LogP contribution in [0.3, 0.4) is 0 Å². The molecule has 0 aliphatic carbocycles. The van der Waals surface area contributed by atoms with Crippen LogP contribution < -0.4 is 10.1 Å². The molecule has 0 spiro atoms. The maximum Gasteiger partial charge on any atom is 0.343 e. The zero-order valence-electron chi connectivity index (χ0n) is 17.5. The van der Waals surface area contributed by atoms with Gasteiger partial charge in [0.15, 0.2) is 6.61 Å². The predicted molar refractivity (Wildman–Crippen MR) is 116 cm³/mol. The molecule has 1 saturated heterocycles. The number of amides is 1. The summed E-state index contributed by atoms with van der Waals surface area (Å²) in [6, 6.07) is 12.5. The highest BCUT2D eigenvalue weighted by Gasteiger charge is 2.28. The molecule has 1 amide bonds. The fourth-order valence-electron chi connectivity index (χ4n) is 3.22. The highest BCUT2D eigenvalue weighted by atomic mass is 32.2. The van der Waals surface area contributed by atoms with Gasteiger partial charge >= 0.3 is 5.97 Å². The van der Waals surface area contributed by atoms with Crippen molar-refractivity contribution in [1.82, 2.24) is 4.31 Å². The number of hydrogen-bond donors (Lipinski definition) is 1. The van der Waals surface area contributed by atoms with Crippen LogP contribution in [-0.4, -0.2) is 51.4 Å². The number of ether oxygens (including phenoxy) is 2. The van der Waals surface area contributed by atoms with Gasteiger partial charge in [-0.3, -0.25) is 4.79 Å². The smallest absolute Gasteiger partial charge is 0.343 e. The second kappa shape index (κ2) is 9.93. The van der Waals surface area contributed by atoms with Gasteiger partial charge in [-0.2, -0.15) is 4.31 Å².